The molecule has 0 atom stereocenters. The first-order valence-corrected chi connectivity index (χ1v) is 6.36. The summed E-state index contributed by atoms with van der Waals surface area (Å²) in [5.74, 6) is -0.203. The topological polar surface area (TPSA) is 78.3 Å². The molecule has 0 aliphatic carbocycles. The van der Waals surface area contributed by atoms with E-state index in [1.54, 1.807) is 18.2 Å². The first kappa shape index (κ1) is 13.9. The molecule has 0 bridgehead atoms. The highest BCUT2D eigenvalue weighted by Crippen LogP contribution is 2.27. The maximum Gasteiger partial charge on any atom is 0.252 e. The number of ether oxygens (including phenoxy) is 1. The SMILES string of the molecule is Cc1ccc(COc2c(N)cccc2C(N)=O)cc1C. The van der Waals surface area contributed by atoms with E-state index < -0.39 is 5.91 Å². The van der Waals surface area contributed by atoms with E-state index in [0.29, 0.717) is 23.6 Å². The predicted molar refractivity (Wildman–Crippen MR) is 79.6 cm³/mol. The summed E-state index contributed by atoms with van der Waals surface area (Å²) in [5.41, 5.74) is 15.3. The van der Waals surface area contributed by atoms with Crippen molar-refractivity contribution in [2.75, 3.05) is 5.73 Å². The summed E-state index contributed by atoms with van der Waals surface area (Å²) in [6.45, 7) is 4.44. The Morgan fingerprint density at radius 2 is 1.90 bits per heavy atom. The molecule has 4 N–H and O–H groups in total. The van der Waals surface area contributed by atoms with Crippen LogP contribution in [0.25, 0.3) is 0 Å². The minimum Gasteiger partial charge on any atom is -0.486 e. The Bertz CT molecular complexity index is 651. The summed E-state index contributed by atoms with van der Waals surface area (Å²) >= 11 is 0. The number of hydrogen-bond acceptors (Lipinski definition) is 3. The van der Waals surface area contributed by atoms with Gasteiger partial charge in [0, 0.05) is 0 Å². The summed E-state index contributed by atoms with van der Waals surface area (Å²) in [6.07, 6.45) is 0. The molecule has 0 aromatic heterocycles. The van der Waals surface area contributed by atoms with Crippen LogP contribution in [0.15, 0.2) is 36.4 Å². The average Bonchev–Trinajstić information content (AvgIpc) is 2.40. The number of primary amides is 1. The Hall–Kier alpha value is -2.49. The number of para-hydroxylation sites is 1. The van der Waals surface area contributed by atoms with Crippen LogP contribution in [0.4, 0.5) is 5.69 Å². The molecular weight excluding hydrogens is 252 g/mol. The Labute approximate surface area is 118 Å². The Kier molecular flexibility index (Phi) is 3.94. The second-order valence-electron chi connectivity index (χ2n) is 4.80. The maximum absolute atomic E-state index is 11.4. The molecule has 2 aromatic rings. The highest BCUT2D eigenvalue weighted by atomic mass is 16.5. The molecular formula is C16H18N2O2. The van der Waals surface area contributed by atoms with E-state index in [2.05, 4.69) is 13.0 Å². The number of amides is 1. The summed E-state index contributed by atoms with van der Waals surface area (Å²) < 4.78 is 5.68. The van der Waals surface area contributed by atoms with E-state index >= 15 is 0 Å². The van der Waals surface area contributed by atoms with Crippen molar-refractivity contribution >= 4 is 11.6 Å². The lowest BCUT2D eigenvalue weighted by Gasteiger charge is -2.12. The molecule has 0 unspecified atom stereocenters. The predicted octanol–water partition coefficient (Wildman–Crippen LogP) is 2.56. The van der Waals surface area contributed by atoms with E-state index in [9.17, 15) is 4.79 Å². The van der Waals surface area contributed by atoms with Crippen LogP contribution in [0, 0.1) is 13.8 Å². The molecule has 4 heteroatoms. The molecule has 104 valence electrons. The molecule has 2 aromatic carbocycles. The number of benzene rings is 2. The number of anilines is 1. The fraction of sp³-hybridized carbons (Fsp3) is 0.188. The average molecular weight is 270 g/mol. The lowest BCUT2D eigenvalue weighted by atomic mass is 10.1. The van der Waals surface area contributed by atoms with E-state index in [-0.39, 0.29) is 0 Å². The third-order valence-electron chi connectivity index (χ3n) is 3.27. The van der Waals surface area contributed by atoms with E-state index in [1.807, 2.05) is 19.1 Å². The van der Waals surface area contributed by atoms with Gasteiger partial charge in [-0.05, 0) is 42.7 Å². The molecule has 0 radical (unpaired) electrons. The first-order valence-electron chi connectivity index (χ1n) is 6.36. The van der Waals surface area contributed by atoms with Gasteiger partial charge in [-0.2, -0.15) is 0 Å². The van der Waals surface area contributed by atoms with Gasteiger partial charge in [0.05, 0.1) is 11.3 Å². The van der Waals surface area contributed by atoms with Crippen molar-refractivity contribution in [1.29, 1.82) is 0 Å². The first-order chi connectivity index (χ1) is 9.49. The highest BCUT2D eigenvalue weighted by molar-refractivity contribution is 5.97. The van der Waals surface area contributed by atoms with Gasteiger partial charge in [0.15, 0.2) is 5.75 Å². The lowest BCUT2D eigenvalue weighted by Crippen LogP contribution is -2.14. The van der Waals surface area contributed by atoms with Crippen LogP contribution >= 0.6 is 0 Å². The van der Waals surface area contributed by atoms with Gasteiger partial charge in [-0.3, -0.25) is 4.79 Å². The van der Waals surface area contributed by atoms with Crippen molar-refractivity contribution in [3.05, 3.63) is 58.7 Å². The quantitative estimate of drug-likeness (QED) is 0.838. The third-order valence-corrected chi connectivity index (χ3v) is 3.27. The normalized spacial score (nSPS) is 10.3. The molecule has 0 saturated heterocycles. The molecule has 4 nitrogen and oxygen atoms in total. The fourth-order valence-electron chi connectivity index (χ4n) is 1.96. The van der Waals surface area contributed by atoms with Crippen LogP contribution in [0.1, 0.15) is 27.0 Å². The molecule has 20 heavy (non-hydrogen) atoms. The van der Waals surface area contributed by atoms with E-state index in [4.69, 9.17) is 16.2 Å². The van der Waals surface area contributed by atoms with E-state index in [1.165, 1.54) is 11.1 Å². The van der Waals surface area contributed by atoms with E-state index in [0.717, 1.165) is 5.56 Å². The van der Waals surface area contributed by atoms with Crippen LogP contribution in [0.3, 0.4) is 0 Å². The summed E-state index contributed by atoms with van der Waals surface area (Å²) in [6, 6.07) is 11.1. The van der Waals surface area contributed by atoms with Crippen molar-refractivity contribution < 1.29 is 9.53 Å². The monoisotopic (exact) mass is 270 g/mol. The van der Waals surface area contributed by atoms with Crippen molar-refractivity contribution in [3.8, 4) is 5.75 Å². The number of carbonyl (C=O) groups excluding carboxylic acids is 1. The molecule has 0 fully saturated rings. The molecule has 0 spiro atoms. The van der Waals surface area contributed by atoms with Crippen molar-refractivity contribution in [2.45, 2.75) is 20.5 Å². The smallest absolute Gasteiger partial charge is 0.252 e. The summed E-state index contributed by atoms with van der Waals surface area (Å²) in [4.78, 5) is 11.4. The van der Waals surface area contributed by atoms with Crippen LogP contribution in [-0.4, -0.2) is 5.91 Å². The number of carbonyl (C=O) groups is 1. The van der Waals surface area contributed by atoms with Gasteiger partial charge >= 0.3 is 0 Å². The number of nitrogen functional groups attached to an aromatic ring is 1. The van der Waals surface area contributed by atoms with Gasteiger partial charge in [0.1, 0.15) is 6.61 Å². The number of nitrogens with two attached hydrogens (primary N) is 2. The van der Waals surface area contributed by atoms with Gasteiger partial charge < -0.3 is 16.2 Å². The fourth-order valence-corrected chi connectivity index (χ4v) is 1.96. The second kappa shape index (κ2) is 5.65. The Morgan fingerprint density at radius 3 is 2.55 bits per heavy atom. The second-order valence-corrected chi connectivity index (χ2v) is 4.80. The summed E-state index contributed by atoms with van der Waals surface area (Å²) in [7, 11) is 0. The Balaban J connectivity index is 2.22. The van der Waals surface area contributed by atoms with Gasteiger partial charge in [0.25, 0.3) is 5.91 Å². The molecule has 0 aliphatic rings. The number of hydrogen-bond donors (Lipinski definition) is 2. The summed E-state index contributed by atoms with van der Waals surface area (Å²) in [5, 5.41) is 0. The van der Waals surface area contributed by atoms with Crippen molar-refractivity contribution in [3.63, 3.8) is 0 Å². The van der Waals surface area contributed by atoms with Gasteiger partial charge in [-0.15, -0.1) is 0 Å². The van der Waals surface area contributed by atoms with Gasteiger partial charge in [-0.1, -0.05) is 24.3 Å². The molecule has 1 amide bonds. The van der Waals surface area contributed by atoms with Crippen LogP contribution in [-0.2, 0) is 6.61 Å². The van der Waals surface area contributed by atoms with Crippen molar-refractivity contribution in [1.82, 2.24) is 0 Å². The molecule has 0 aliphatic heterocycles. The molecule has 0 heterocycles. The minimum absolute atomic E-state index is 0.300. The highest BCUT2D eigenvalue weighted by Gasteiger charge is 2.12. The Morgan fingerprint density at radius 1 is 1.15 bits per heavy atom. The van der Waals surface area contributed by atoms with Crippen molar-refractivity contribution in [2.24, 2.45) is 5.73 Å². The lowest BCUT2D eigenvalue weighted by molar-refractivity contribution is 0.0996. The number of rotatable bonds is 4. The third kappa shape index (κ3) is 2.91. The van der Waals surface area contributed by atoms with Crippen LogP contribution < -0.4 is 16.2 Å². The molecule has 2 rings (SSSR count). The molecule has 0 saturated carbocycles. The minimum atomic E-state index is -0.549. The van der Waals surface area contributed by atoms with Gasteiger partial charge in [-0.25, -0.2) is 0 Å². The number of aryl methyl sites for hydroxylation is 2. The zero-order valence-electron chi connectivity index (χ0n) is 11.6. The van der Waals surface area contributed by atoms with Crippen LogP contribution in [0.2, 0.25) is 0 Å². The van der Waals surface area contributed by atoms with Crippen LogP contribution in [0.5, 0.6) is 5.75 Å². The standard InChI is InChI=1S/C16H18N2O2/c1-10-6-7-12(8-11(10)2)9-20-15-13(16(18)19)4-3-5-14(15)17/h3-8H,9,17H2,1-2H3,(H2,18,19). The zero-order valence-corrected chi connectivity index (χ0v) is 11.6. The maximum atomic E-state index is 11.4. The zero-order chi connectivity index (χ0) is 14.7. The largest absolute Gasteiger partial charge is 0.486 e. The van der Waals surface area contributed by atoms with Gasteiger partial charge in [0.2, 0.25) is 0 Å².